The number of aliphatic hydroxyl groups excluding tert-OH is 1. The van der Waals surface area contributed by atoms with Crippen LogP contribution in [-0.4, -0.2) is 42.1 Å². The van der Waals surface area contributed by atoms with Crippen molar-refractivity contribution in [3.8, 4) is 5.75 Å². The molecule has 0 radical (unpaired) electrons. The van der Waals surface area contributed by atoms with Gasteiger partial charge in [0.25, 0.3) is 0 Å². The lowest BCUT2D eigenvalue weighted by Crippen LogP contribution is -2.67. The molecule has 1 aromatic rings. The zero-order valence-electron chi connectivity index (χ0n) is 12.4. The number of benzene rings is 1. The Morgan fingerprint density at radius 3 is 1.73 bits per heavy atom. The maximum atomic E-state index is 13.7. The highest BCUT2D eigenvalue weighted by molar-refractivity contribution is 5.31. The number of ether oxygens (including phenoxy) is 1. The molecular formula is C13H9F11O2. The first-order chi connectivity index (χ1) is 11.4. The standard InChI is InChI=1S/C13H9F11O2/c1-26-7-4-2-3-6(5-7)8(25)9(14,15)10(16,17)11(18,19)12(20,21)13(22,23)24/h2-5,8,25H,1H3. The van der Waals surface area contributed by atoms with E-state index in [0.717, 1.165) is 19.2 Å². The van der Waals surface area contributed by atoms with Gasteiger partial charge in [-0.2, -0.15) is 48.3 Å². The van der Waals surface area contributed by atoms with Gasteiger partial charge < -0.3 is 9.84 Å². The molecule has 0 aliphatic rings. The van der Waals surface area contributed by atoms with Crippen LogP contribution in [0.4, 0.5) is 48.3 Å². The maximum absolute atomic E-state index is 13.7. The highest BCUT2D eigenvalue weighted by atomic mass is 19.4. The van der Waals surface area contributed by atoms with E-state index < -0.39 is 41.5 Å². The van der Waals surface area contributed by atoms with Crippen LogP contribution in [0.3, 0.4) is 0 Å². The van der Waals surface area contributed by atoms with E-state index in [1.807, 2.05) is 0 Å². The lowest BCUT2D eigenvalue weighted by molar-refractivity contribution is -0.429. The Morgan fingerprint density at radius 2 is 1.31 bits per heavy atom. The van der Waals surface area contributed by atoms with Crippen molar-refractivity contribution in [1.82, 2.24) is 0 Å². The van der Waals surface area contributed by atoms with Gasteiger partial charge in [-0.15, -0.1) is 0 Å². The Labute approximate surface area is 138 Å². The van der Waals surface area contributed by atoms with Crippen molar-refractivity contribution in [2.75, 3.05) is 7.11 Å². The summed E-state index contributed by atoms with van der Waals surface area (Å²) in [5, 5.41) is 9.29. The lowest BCUT2D eigenvalue weighted by atomic mass is 9.91. The van der Waals surface area contributed by atoms with E-state index in [0.29, 0.717) is 12.1 Å². The fourth-order valence-corrected chi connectivity index (χ4v) is 1.78. The molecule has 1 N–H and O–H groups in total. The van der Waals surface area contributed by atoms with E-state index >= 15 is 0 Å². The van der Waals surface area contributed by atoms with E-state index in [2.05, 4.69) is 4.74 Å². The molecule has 0 amide bonds. The van der Waals surface area contributed by atoms with Crippen molar-refractivity contribution >= 4 is 0 Å². The van der Waals surface area contributed by atoms with Gasteiger partial charge in [-0.05, 0) is 17.7 Å². The van der Waals surface area contributed by atoms with Crippen molar-refractivity contribution in [2.45, 2.75) is 36.0 Å². The summed E-state index contributed by atoms with van der Waals surface area (Å²) < 4.78 is 147. The minimum absolute atomic E-state index is 0.312. The van der Waals surface area contributed by atoms with Gasteiger partial charge in [-0.25, -0.2) is 0 Å². The average Bonchev–Trinajstić information content (AvgIpc) is 2.52. The Hall–Kier alpha value is -1.79. The molecule has 0 spiro atoms. The molecule has 1 atom stereocenters. The molecule has 0 bridgehead atoms. The summed E-state index contributed by atoms with van der Waals surface area (Å²) in [4.78, 5) is 0. The van der Waals surface area contributed by atoms with Crippen LogP contribution in [-0.2, 0) is 0 Å². The second kappa shape index (κ2) is 6.43. The predicted molar refractivity (Wildman–Crippen MR) is 63.8 cm³/mol. The van der Waals surface area contributed by atoms with Crippen LogP contribution in [0.5, 0.6) is 5.75 Å². The summed E-state index contributed by atoms with van der Waals surface area (Å²) in [6, 6.07) is 2.93. The van der Waals surface area contributed by atoms with Gasteiger partial charge in [0, 0.05) is 0 Å². The van der Waals surface area contributed by atoms with Gasteiger partial charge in [-0.3, -0.25) is 0 Å². The number of methoxy groups -OCH3 is 1. The Kier molecular flexibility index (Phi) is 5.50. The number of hydrogen-bond donors (Lipinski definition) is 1. The van der Waals surface area contributed by atoms with E-state index in [1.165, 1.54) is 0 Å². The molecule has 26 heavy (non-hydrogen) atoms. The smallest absolute Gasteiger partial charge is 0.460 e. The number of aliphatic hydroxyl groups is 1. The normalized spacial score (nSPS) is 15.7. The van der Waals surface area contributed by atoms with Crippen LogP contribution >= 0.6 is 0 Å². The van der Waals surface area contributed by atoms with Gasteiger partial charge in [0.2, 0.25) is 0 Å². The summed E-state index contributed by atoms with van der Waals surface area (Å²) >= 11 is 0. The van der Waals surface area contributed by atoms with Crippen LogP contribution in [0.15, 0.2) is 24.3 Å². The third-order valence-corrected chi connectivity index (χ3v) is 3.32. The minimum atomic E-state index is -7.57. The Bertz CT molecular complexity index is 639. The monoisotopic (exact) mass is 406 g/mol. The number of rotatable bonds is 6. The lowest BCUT2D eigenvalue weighted by Gasteiger charge is -2.38. The molecule has 0 saturated carbocycles. The molecule has 13 heteroatoms. The maximum Gasteiger partial charge on any atom is 0.460 e. The van der Waals surface area contributed by atoms with Gasteiger partial charge in [0.05, 0.1) is 7.11 Å². The van der Waals surface area contributed by atoms with Gasteiger partial charge in [-0.1, -0.05) is 12.1 Å². The van der Waals surface area contributed by atoms with Crippen LogP contribution < -0.4 is 4.74 Å². The molecular weight excluding hydrogens is 397 g/mol. The minimum Gasteiger partial charge on any atom is -0.497 e. The zero-order valence-corrected chi connectivity index (χ0v) is 12.4. The van der Waals surface area contributed by atoms with Crippen LogP contribution in [0.1, 0.15) is 11.7 Å². The van der Waals surface area contributed by atoms with Crippen LogP contribution in [0.25, 0.3) is 0 Å². The van der Waals surface area contributed by atoms with Crippen molar-refractivity contribution in [2.24, 2.45) is 0 Å². The highest BCUT2D eigenvalue weighted by Gasteiger charge is 2.88. The largest absolute Gasteiger partial charge is 0.497 e. The highest BCUT2D eigenvalue weighted by Crippen LogP contribution is 2.59. The second-order valence-corrected chi connectivity index (χ2v) is 5.02. The molecule has 0 fully saturated rings. The SMILES string of the molecule is COc1cccc(C(O)C(F)(F)C(F)(F)C(F)(F)C(F)(F)C(F)(F)F)c1. The van der Waals surface area contributed by atoms with Crippen LogP contribution in [0.2, 0.25) is 0 Å². The molecule has 0 heterocycles. The van der Waals surface area contributed by atoms with E-state index in [1.54, 1.807) is 0 Å². The van der Waals surface area contributed by atoms with Crippen molar-refractivity contribution in [3.05, 3.63) is 29.8 Å². The fourth-order valence-electron chi connectivity index (χ4n) is 1.78. The molecule has 0 aliphatic heterocycles. The Balaban J connectivity index is 3.43. The van der Waals surface area contributed by atoms with E-state index in [4.69, 9.17) is 0 Å². The first kappa shape index (κ1) is 22.3. The number of hydrogen-bond acceptors (Lipinski definition) is 2. The van der Waals surface area contributed by atoms with Crippen molar-refractivity contribution < 1.29 is 58.1 Å². The van der Waals surface area contributed by atoms with Gasteiger partial charge in [0.15, 0.2) is 0 Å². The molecule has 0 aliphatic carbocycles. The van der Waals surface area contributed by atoms with Gasteiger partial charge >= 0.3 is 29.9 Å². The first-order valence-corrected chi connectivity index (χ1v) is 6.35. The van der Waals surface area contributed by atoms with Crippen molar-refractivity contribution in [3.63, 3.8) is 0 Å². The topological polar surface area (TPSA) is 29.5 Å². The molecule has 0 saturated heterocycles. The molecule has 1 unspecified atom stereocenters. The summed E-state index contributed by atoms with van der Waals surface area (Å²) in [6.07, 6.45) is -11.1. The second-order valence-electron chi connectivity index (χ2n) is 5.02. The quantitative estimate of drug-likeness (QED) is 0.686. The molecule has 1 rings (SSSR count). The number of halogens is 11. The summed E-state index contributed by atoms with van der Waals surface area (Å²) in [5.74, 6) is -29.1. The summed E-state index contributed by atoms with van der Waals surface area (Å²) in [7, 11) is 0.982. The third kappa shape index (κ3) is 3.16. The summed E-state index contributed by atoms with van der Waals surface area (Å²) in [6.45, 7) is 0. The zero-order chi connectivity index (χ0) is 20.8. The number of alkyl halides is 11. The molecule has 2 nitrogen and oxygen atoms in total. The summed E-state index contributed by atoms with van der Waals surface area (Å²) in [5.41, 5.74) is -1.18. The Morgan fingerprint density at radius 1 is 0.808 bits per heavy atom. The predicted octanol–water partition coefficient (Wildman–Crippen LogP) is 4.83. The first-order valence-electron chi connectivity index (χ1n) is 6.35. The molecule has 1 aromatic carbocycles. The van der Waals surface area contributed by atoms with E-state index in [-0.39, 0.29) is 5.75 Å². The van der Waals surface area contributed by atoms with E-state index in [9.17, 15) is 53.4 Å². The van der Waals surface area contributed by atoms with Crippen LogP contribution in [0, 0.1) is 0 Å². The third-order valence-electron chi connectivity index (χ3n) is 3.32. The van der Waals surface area contributed by atoms with Crippen molar-refractivity contribution in [1.29, 1.82) is 0 Å². The fraction of sp³-hybridized carbons (Fsp3) is 0.538. The average molecular weight is 406 g/mol. The molecule has 0 aromatic heterocycles. The molecule has 150 valence electrons. The van der Waals surface area contributed by atoms with Gasteiger partial charge in [0.1, 0.15) is 11.9 Å².